The molecule has 98 valence electrons. The van der Waals surface area contributed by atoms with E-state index in [1.807, 2.05) is 0 Å². The van der Waals surface area contributed by atoms with Crippen molar-refractivity contribution in [3.63, 3.8) is 0 Å². The largest absolute Gasteiger partial charge is 0.427 e. The van der Waals surface area contributed by atoms with Crippen LogP contribution in [0.1, 0.15) is 5.56 Å². The third-order valence-corrected chi connectivity index (χ3v) is 2.23. The second-order valence-corrected chi connectivity index (χ2v) is 4.96. The molecule has 0 saturated carbocycles. The second-order valence-electron chi connectivity index (χ2n) is 3.36. The van der Waals surface area contributed by atoms with E-state index in [0.717, 1.165) is 0 Å². The molecule has 0 fully saturated rings. The highest BCUT2D eigenvalue weighted by molar-refractivity contribution is 7.86. The molecule has 1 aromatic rings. The van der Waals surface area contributed by atoms with Gasteiger partial charge >= 0.3 is 6.18 Å². The van der Waals surface area contributed by atoms with Gasteiger partial charge in [-0.05, 0) is 12.1 Å². The highest BCUT2D eigenvalue weighted by atomic mass is 32.2. The van der Waals surface area contributed by atoms with Crippen molar-refractivity contribution >= 4 is 10.1 Å². The Balaban J connectivity index is 2.97. The molecule has 0 aliphatic heterocycles. The van der Waals surface area contributed by atoms with Crippen LogP contribution >= 0.6 is 0 Å². The van der Waals surface area contributed by atoms with Gasteiger partial charge in [0.15, 0.2) is 0 Å². The molecular formula is C11H9F3O3S. The van der Waals surface area contributed by atoms with Crippen molar-refractivity contribution < 1.29 is 25.8 Å². The first-order valence-electron chi connectivity index (χ1n) is 4.70. The van der Waals surface area contributed by atoms with Gasteiger partial charge in [-0.15, -0.1) is 0 Å². The summed E-state index contributed by atoms with van der Waals surface area (Å²) in [4.78, 5) is 0. The molecule has 0 N–H and O–H groups in total. The Morgan fingerprint density at radius 1 is 1.22 bits per heavy atom. The highest BCUT2D eigenvalue weighted by Gasteiger charge is 2.42. The van der Waals surface area contributed by atoms with Crippen LogP contribution in [0.15, 0.2) is 30.3 Å². The molecule has 0 saturated heterocycles. The third-order valence-electron chi connectivity index (χ3n) is 1.69. The van der Waals surface area contributed by atoms with E-state index in [0.29, 0.717) is 11.8 Å². The standard InChI is InChI=1S/C11H9F3O3S/c1-18(15,16)17-10(11(12,13)14)8-7-9-5-3-2-4-6-9/h2-6,10H,1H3. The molecule has 0 amide bonds. The second kappa shape index (κ2) is 5.42. The first-order chi connectivity index (χ1) is 8.18. The van der Waals surface area contributed by atoms with Crippen molar-refractivity contribution in [3.05, 3.63) is 35.9 Å². The maximum absolute atomic E-state index is 12.5. The topological polar surface area (TPSA) is 43.4 Å². The van der Waals surface area contributed by atoms with Gasteiger partial charge < -0.3 is 0 Å². The zero-order chi connectivity index (χ0) is 13.8. The minimum absolute atomic E-state index is 0.337. The Morgan fingerprint density at radius 3 is 2.22 bits per heavy atom. The molecule has 1 aromatic carbocycles. The average molecular weight is 278 g/mol. The first kappa shape index (κ1) is 14.5. The van der Waals surface area contributed by atoms with E-state index in [1.54, 1.807) is 24.1 Å². The molecule has 0 aromatic heterocycles. The highest BCUT2D eigenvalue weighted by Crippen LogP contribution is 2.23. The quantitative estimate of drug-likeness (QED) is 0.613. The van der Waals surface area contributed by atoms with Gasteiger partial charge in [0.2, 0.25) is 6.10 Å². The molecule has 3 nitrogen and oxygen atoms in total. The number of halogens is 3. The molecule has 1 atom stereocenters. The summed E-state index contributed by atoms with van der Waals surface area (Å²) in [6.45, 7) is 0. The fourth-order valence-corrected chi connectivity index (χ4v) is 1.51. The van der Waals surface area contributed by atoms with Crippen molar-refractivity contribution in [2.75, 3.05) is 6.26 Å². The summed E-state index contributed by atoms with van der Waals surface area (Å²) in [5.74, 6) is 3.97. The number of alkyl halides is 3. The third kappa shape index (κ3) is 5.21. The maximum atomic E-state index is 12.5. The summed E-state index contributed by atoms with van der Waals surface area (Å²) in [6.07, 6.45) is -6.99. The van der Waals surface area contributed by atoms with Gasteiger partial charge in [0.1, 0.15) is 0 Å². The molecule has 0 spiro atoms. The normalized spacial score (nSPS) is 13.6. The molecule has 0 radical (unpaired) electrons. The smallest absolute Gasteiger partial charge is 0.244 e. The van der Waals surface area contributed by atoms with Crippen LogP contribution in [0.5, 0.6) is 0 Å². The van der Waals surface area contributed by atoms with Gasteiger partial charge in [-0.3, -0.25) is 0 Å². The molecule has 7 heteroatoms. The summed E-state index contributed by atoms with van der Waals surface area (Å²) < 4.78 is 62.7. The van der Waals surface area contributed by atoms with Gasteiger partial charge in [-0.25, -0.2) is 4.18 Å². The molecule has 1 unspecified atom stereocenters. The van der Waals surface area contributed by atoms with Gasteiger partial charge in [0.25, 0.3) is 10.1 Å². The minimum atomic E-state index is -4.87. The van der Waals surface area contributed by atoms with E-state index in [9.17, 15) is 21.6 Å². The Kier molecular flexibility index (Phi) is 4.38. The van der Waals surface area contributed by atoms with Crippen LogP contribution in [-0.4, -0.2) is 27.0 Å². The summed E-state index contributed by atoms with van der Waals surface area (Å²) in [6, 6.07) is 7.88. The lowest BCUT2D eigenvalue weighted by atomic mass is 10.2. The van der Waals surface area contributed by atoms with E-state index in [-0.39, 0.29) is 0 Å². The monoisotopic (exact) mass is 278 g/mol. The Morgan fingerprint density at radius 2 is 1.78 bits per heavy atom. The van der Waals surface area contributed by atoms with Crippen LogP contribution in [0, 0.1) is 11.8 Å². The van der Waals surface area contributed by atoms with Crippen LogP contribution in [0.3, 0.4) is 0 Å². The zero-order valence-corrected chi connectivity index (χ0v) is 10.0. The van der Waals surface area contributed by atoms with E-state index < -0.39 is 22.4 Å². The zero-order valence-electron chi connectivity index (χ0n) is 9.23. The maximum Gasteiger partial charge on any atom is 0.427 e. The molecule has 0 bridgehead atoms. The molecule has 1 rings (SSSR count). The van der Waals surface area contributed by atoms with Crippen molar-refractivity contribution in [1.82, 2.24) is 0 Å². The molecule has 0 aliphatic carbocycles. The average Bonchev–Trinajstić information content (AvgIpc) is 2.22. The summed E-state index contributed by atoms with van der Waals surface area (Å²) >= 11 is 0. The van der Waals surface area contributed by atoms with E-state index in [1.165, 1.54) is 12.1 Å². The first-order valence-corrected chi connectivity index (χ1v) is 6.52. The number of rotatable bonds is 2. The van der Waals surface area contributed by atoms with E-state index in [2.05, 4.69) is 10.1 Å². The lowest BCUT2D eigenvalue weighted by Crippen LogP contribution is -2.32. The lowest BCUT2D eigenvalue weighted by Gasteiger charge is -2.13. The summed E-state index contributed by atoms with van der Waals surface area (Å²) in [7, 11) is -4.23. The molecule has 0 heterocycles. The summed E-state index contributed by atoms with van der Waals surface area (Å²) in [5.41, 5.74) is 0.337. The fourth-order valence-electron chi connectivity index (χ4n) is 1.01. The van der Waals surface area contributed by atoms with Gasteiger partial charge in [-0.2, -0.15) is 21.6 Å². The fraction of sp³-hybridized carbons (Fsp3) is 0.273. The number of benzene rings is 1. The van der Waals surface area contributed by atoms with Gasteiger partial charge in [0.05, 0.1) is 6.26 Å². The van der Waals surface area contributed by atoms with Gasteiger partial charge in [-0.1, -0.05) is 30.0 Å². The Hall–Kier alpha value is -1.52. The van der Waals surface area contributed by atoms with Crippen molar-refractivity contribution in [2.24, 2.45) is 0 Å². The molecular weight excluding hydrogens is 269 g/mol. The van der Waals surface area contributed by atoms with Crippen molar-refractivity contribution in [3.8, 4) is 11.8 Å². The number of hydrogen-bond donors (Lipinski definition) is 0. The number of hydrogen-bond acceptors (Lipinski definition) is 3. The van der Waals surface area contributed by atoms with Gasteiger partial charge in [0, 0.05) is 5.56 Å². The molecule has 0 aliphatic rings. The van der Waals surface area contributed by atoms with Crippen LogP contribution in [0.25, 0.3) is 0 Å². The lowest BCUT2D eigenvalue weighted by molar-refractivity contribution is -0.175. The molecule has 18 heavy (non-hydrogen) atoms. The summed E-state index contributed by atoms with van der Waals surface area (Å²) in [5, 5.41) is 0. The van der Waals surface area contributed by atoms with E-state index >= 15 is 0 Å². The van der Waals surface area contributed by atoms with Crippen LogP contribution < -0.4 is 0 Å². The minimum Gasteiger partial charge on any atom is -0.244 e. The van der Waals surface area contributed by atoms with Crippen molar-refractivity contribution in [2.45, 2.75) is 12.3 Å². The van der Waals surface area contributed by atoms with E-state index in [4.69, 9.17) is 0 Å². The van der Waals surface area contributed by atoms with Crippen LogP contribution in [0.2, 0.25) is 0 Å². The predicted molar refractivity (Wildman–Crippen MR) is 59.1 cm³/mol. The van der Waals surface area contributed by atoms with Crippen molar-refractivity contribution in [1.29, 1.82) is 0 Å². The Bertz CT molecular complexity index is 553. The van der Waals surface area contributed by atoms with Crippen LogP contribution in [0.4, 0.5) is 13.2 Å². The Labute approximate surface area is 103 Å². The van der Waals surface area contributed by atoms with Crippen LogP contribution in [-0.2, 0) is 14.3 Å². The predicted octanol–water partition coefficient (Wildman–Crippen LogP) is 1.95. The SMILES string of the molecule is CS(=O)(=O)OC(C#Cc1ccccc1)C(F)(F)F.